The minimum atomic E-state index is -0.855. The van der Waals surface area contributed by atoms with Gasteiger partial charge in [0.2, 0.25) is 0 Å². The topological polar surface area (TPSA) is 130 Å². The SMILES string of the molecule is COCOc1ccccc1-c1cc(N2CC3CCC(C2)N3c2ccnc(C#CC3CCN(C(=O)O)CC3)c2)c(N)nn1. The maximum absolute atomic E-state index is 11.2. The van der Waals surface area contributed by atoms with Gasteiger partial charge in [0.25, 0.3) is 0 Å². The van der Waals surface area contributed by atoms with E-state index in [1.54, 1.807) is 7.11 Å². The number of carboxylic acid groups (broad SMARTS) is 1. The van der Waals surface area contributed by atoms with E-state index in [4.69, 9.17) is 15.2 Å². The average molecular weight is 570 g/mol. The van der Waals surface area contributed by atoms with Crippen molar-refractivity contribution < 1.29 is 19.4 Å². The van der Waals surface area contributed by atoms with E-state index in [1.807, 2.05) is 36.5 Å². The zero-order valence-corrected chi connectivity index (χ0v) is 23.6. The van der Waals surface area contributed by atoms with Gasteiger partial charge in [-0.1, -0.05) is 18.1 Å². The summed E-state index contributed by atoms with van der Waals surface area (Å²) in [7, 11) is 1.59. The van der Waals surface area contributed by atoms with E-state index in [-0.39, 0.29) is 12.7 Å². The molecule has 5 heterocycles. The van der Waals surface area contributed by atoms with Gasteiger partial charge in [-0.3, -0.25) is 0 Å². The number of piperidine rings is 1. The van der Waals surface area contributed by atoms with Crippen molar-refractivity contribution in [2.45, 2.75) is 37.8 Å². The van der Waals surface area contributed by atoms with Crippen molar-refractivity contribution in [1.82, 2.24) is 20.1 Å². The maximum Gasteiger partial charge on any atom is 0.407 e. The molecule has 218 valence electrons. The molecule has 0 spiro atoms. The molecule has 0 radical (unpaired) electrons. The number of likely N-dealkylation sites (tertiary alicyclic amines) is 1. The van der Waals surface area contributed by atoms with Gasteiger partial charge in [0.1, 0.15) is 11.4 Å². The first-order chi connectivity index (χ1) is 20.5. The Morgan fingerprint density at radius 2 is 1.83 bits per heavy atom. The van der Waals surface area contributed by atoms with Gasteiger partial charge in [-0.25, -0.2) is 9.78 Å². The fraction of sp³-hybridized carbons (Fsp3) is 0.419. The van der Waals surface area contributed by atoms with Crippen LogP contribution < -0.4 is 20.3 Å². The number of nitrogens with two attached hydrogens (primary N) is 1. The highest BCUT2D eigenvalue weighted by Crippen LogP contribution is 2.39. The first kappa shape index (κ1) is 27.6. The fourth-order valence-corrected chi connectivity index (χ4v) is 6.26. The number of carbonyl (C=O) groups is 1. The molecule has 3 aliphatic rings. The lowest BCUT2D eigenvalue weighted by Gasteiger charge is -2.43. The predicted molar refractivity (Wildman–Crippen MR) is 159 cm³/mol. The van der Waals surface area contributed by atoms with Crippen LogP contribution in [0.25, 0.3) is 11.3 Å². The van der Waals surface area contributed by atoms with E-state index < -0.39 is 6.09 Å². The van der Waals surface area contributed by atoms with Crippen LogP contribution in [0.2, 0.25) is 0 Å². The number of aromatic nitrogens is 3. The highest BCUT2D eigenvalue weighted by atomic mass is 16.7. The molecule has 3 N–H and O–H groups in total. The van der Waals surface area contributed by atoms with Gasteiger partial charge in [-0.15, -0.1) is 10.2 Å². The number of rotatable bonds is 6. The molecule has 2 atom stereocenters. The molecule has 3 saturated heterocycles. The van der Waals surface area contributed by atoms with Crippen LogP contribution in [-0.4, -0.2) is 83.4 Å². The van der Waals surface area contributed by atoms with Crippen LogP contribution >= 0.6 is 0 Å². The van der Waals surface area contributed by atoms with Gasteiger partial charge in [0.15, 0.2) is 12.6 Å². The summed E-state index contributed by atoms with van der Waals surface area (Å²) in [6.07, 6.45) is 4.67. The van der Waals surface area contributed by atoms with E-state index in [9.17, 15) is 9.90 Å². The van der Waals surface area contributed by atoms with Crippen molar-refractivity contribution >= 4 is 23.3 Å². The van der Waals surface area contributed by atoms with Gasteiger partial charge in [-0.05, 0) is 61.9 Å². The van der Waals surface area contributed by atoms with Crippen LogP contribution in [0.3, 0.4) is 0 Å². The summed E-state index contributed by atoms with van der Waals surface area (Å²) in [6.45, 7) is 2.84. The van der Waals surface area contributed by atoms with Crippen LogP contribution in [-0.2, 0) is 4.74 Å². The lowest BCUT2D eigenvalue weighted by atomic mass is 9.97. The molecule has 11 heteroatoms. The Hall–Kier alpha value is -4.56. The molecule has 1 amide bonds. The van der Waals surface area contributed by atoms with E-state index in [0.29, 0.717) is 42.4 Å². The van der Waals surface area contributed by atoms with Crippen LogP contribution in [0.4, 0.5) is 22.0 Å². The number of anilines is 3. The average Bonchev–Trinajstić information content (AvgIpc) is 3.28. The molecular formula is C31H35N7O4. The van der Waals surface area contributed by atoms with Gasteiger partial charge < -0.3 is 35.0 Å². The van der Waals surface area contributed by atoms with E-state index in [1.165, 1.54) is 4.90 Å². The summed E-state index contributed by atoms with van der Waals surface area (Å²) >= 11 is 0. The number of fused-ring (bicyclic) bond motifs is 2. The summed E-state index contributed by atoms with van der Waals surface area (Å²) in [5.41, 5.74) is 10.7. The first-order valence-corrected chi connectivity index (χ1v) is 14.3. The van der Waals surface area contributed by atoms with E-state index in [2.05, 4.69) is 49.0 Å². The Bertz CT molecular complexity index is 1480. The normalized spacial score (nSPS) is 20.3. The number of para-hydroxylation sites is 1. The largest absolute Gasteiger partial charge is 0.467 e. The standard InChI is InChI=1S/C31H35N7O4/c1-41-20-42-29-5-3-2-4-26(29)27-17-28(30(32)35-34-27)37-18-24-8-9-25(19-37)38(24)23-10-13-33-22(16-23)7-6-21-11-14-36(15-12-21)31(39)40/h2-5,10,13,16-17,21,24-25H,8-9,11-12,14-15,18-20H2,1H3,(H2,32,35)(H,39,40). The molecule has 1 aromatic carbocycles. The van der Waals surface area contributed by atoms with E-state index >= 15 is 0 Å². The second kappa shape index (κ2) is 12.1. The number of benzene rings is 1. The molecule has 42 heavy (non-hydrogen) atoms. The Morgan fingerprint density at radius 3 is 2.57 bits per heavy atom. The summed E-state index contributed by atoms with van der Waals surface area (Å²) in [5.74, 6) is 7.87. The van der Waals surface area contributed by atoms with Crippen molar-refractivity contribution in [3.05, 3.63) is 54.4 Å². The van der Waals surface area contributed by atoms with Gasteiger partial charge in [-0.2, -0.15) is 0 Å². The third kappa shape index (κ3) is 5.76. The van der Waals surface area contributed by atoms with Crippen LogP contribution in [0.5, 0.6) is 5.75 Å². The Labute approximate surface area is 245 Å². The summed E-state index contributed by atoms with van der Waals surface area (Å²) in [4.78, 5) is 22.0. The lowest BCUT2D eigenvalue weighted by Crippen LogP contribution is -2.54. The molecule has 6 rings (SSSR count). The van der Waals surface area contributed by atoms with Crippen molar-refractivity contribution in [1.29, 1.82) is 0 Å². The molecule has 2 unspecified atom stereocenters. The van der Waals surface area contributed by atoms with Crippen molar-refractivity contribution in [2.75, 3.05) is 55.6 Å². The number of pyridine rings is 1. The summed E-state index contributed by atoms with van der Waals surface area (Å²) in [5, 5.41) is 17.9. The Morgan fingerprint density at radius 1 is 1.07 bits per heavy atom. The highest BCUT2D eigenvalue weighted by Gasteiger charge is 2.40. The van der Waals surface area contributed by atoms with Gasteiger partial charge >= 0.3 is 6.09 Å². The number of piperazine rings is 1. The molecule has 3 fully saturated rings. The number of methoxy groups -OCH3 is 1. The van der Waals surface area contributed by atoms with Crippen LogP contribution in [0.15, 0.2) is 48.7 Å². The quantitative estimate of drug-likeness (QED) is 0.335. The fourth-order valence-electron chi connectivity index (χ4n) is 6.26. The van der Waals surface area contributed by atoms with Crippen LogP contribution in [0.1, 0.15) is 31.4 Å². The number of hydrogen-bond donors (Lipinski definition) is 2. The van der Waals surface area contributed by atoms with Crippen molar-refractivity contribution in [3.8, 4) is 28.8 Å². The third-order valence-electron chi connectivity index (χ3n) is 8.33. The minimum absolute atomic E-state index is 0.145. The molecule has 2 aromatic heterocycles. The second-order valence-electron chi connectivity index (χ2n) is 11.0. The monoisotopic (exact) mass is 569 g/mol. The van der Waals surface area contributed by atoms with Crippen LogP contribution in [0, 0.1) is 17.8 Å². The molecular weight excluding hydrogens is 534 g/mol. The Kier molecular flexibility index (Phi) is 7.97. The molecule has 2 bridgehead atoms. The maximum atomic E-state index is 11.2. The third-order valence-corrected chi connectivity index (χ3v) is 8.33. The highest BCUT2D eigenvalue weighted by molar-refractivity contribution is 5.75. The minimum Gasteiger partial charge on any atom is -0.467 e. The second-order valence-corrected chi connectivity index (χ2v) is 11.0. The smallest absolute Gasteiger partial charge is 0.407 e. The number of ether oxygens (including phenoxy) is 2. The number of nitrogens with zero attached hydrogens (tertiary/aromatic N) is 6. The molecule has 3 aromatic rings. The molecule has 0 saturated carbocycles. The summed E-state index contributed by atoms with van der Waals surface area (Å²) < 4.78 is 10.8. The van der Waals surface area contributed by atoms with Gasteiger partial charge in [0, 0.05) is 68.7 Å². The number of nitrogen functional groups attached to an aromatic ring is 1. The number of hydrogen-bond acceptors (Lipinski definition) is 9. The molecule has 11 nitrogen and oxygen atoms in total. The lowest BCUT2D eigenvalue weighted by molar-refractivity contribution is 0.0515. The van der Waals surface area contributed by atoms with Crippen molar-refractivity contribution in [2.24, 2.45) is 5.92 Å². The number of amides is 1. The predicted octanol–water partition coefficient (Wildman–Crippen LogP) is 3.70. The zero-order valence-electron chi connectivity index (χ0n) is 23.6. The first-order valence-electron chi connectivity index (χ1n) is 14.3. The van der Waals surface area contributed by atoms with Gasteiger partial charge in [0.05, 0.1) is 11.4 Å². The molecule has 3 aliphatic heterocycles. The van der Waals surface area contributed by atoms with Crippen molar-refractivity contribution in [3.63, 3.8) is 0 Å². The molecule has 0 aliphatic carbocycles. The Balaban J connectivity index is 1.17. The zero-order chi connectivity index (χ0) is 29.1. The van der Waals surface area contributed by atoms with E-state index in [0.717, 1.165) is 61.4 Å². The summed E-state index contributed by atoms with van der Waals surface area (Å²) in [6, 6.07) is 14.5.